The van der Waals surface area contributed by atoms with E-state index in [1.165, 1.54) is 4.90 Å². The van der Waals surface area contributed by atoms with Crippen molar-refractivity contribution in [1.29, 1.82) is 0 Å². The second-order valence-corrected chi connectivity index (χ2v) is 6.21. The van der Waals surface area contributed by atoms with Crippen LogP contribution in [0, 0.1) is 6.92 Å². The van der Waals surface area contributed by atoms with Crippen LogP contribution in [0.3, 0.4) is 0 Å². The molecule has 0 aliphatic carbocycles. The first-order chi connectivity index (χ1) is 11.0. The Hall–Kier alpha value is -2.33. The van der Waals surface area contributed by atoms with Crippen molar-refractivity contribution in [3.8, 4) is 0 Å². The van der Waals surface area contributed by atoms with Gasteiger partial charge in [0.15, 0.2) is 0 Å². The molecule has 1 N–H and O–H groups in total. The van der Waals surface area contributed by atoms with E-state index in [1.807, 2.05) is 31.2 Å². The molecule has 2 amide bonds. The molecular formula is C18H17ClN2O2. The number of aryl methyl sites for hydroxylation is 1. The molecule has 5 heteroatoms. The summed E-state index contributed by atoms with van der Waals surface area (Å²) < 4.78 is 0. The summed E-state index contributed by atoms with van der Waals surface area (Å²) in [6.07, 6.45) is 0.455. The minimum absolute atomic E-state index is 0.153. The fourth-order valence-corrected chi connectivity index (χ4v) is 2.89. The van der Waals surface area contributed by atoms with Crippen LogP contribution in [0.25, 0.3) is 0 Å². The van der Waals surface area contributed by atoms with Gasteiger partial charge in [-0.25, -0.2) is 0 Å². The van der Waals surface area contributed by atoms with Crippen molar-refractivity contribution in [3.05, 3.63) is 64.2 Å². The van der Waals surface area contributed by atoms with Crippen LogP contribution < -0.4 is 10.2 Å². The molecule has 1 aliphatic rings. The Morgan fingerprint density at radius 1 is 1.13 bits per heavy atom. The van der Waals surface area contributed by atoms with E-state index in [1.54, 1.807) is 25.2 Å². The zero-order valence-electron chi connectivity index (χ0n) is 13.0. The van der Waals surface area contributed by atoms with E-state index < -0.39 is 6.04 Å². The second-order valence-electron chi connectivity index (χ2n) is 5.77. The topological polar surface area (TPSA) is 49.4 Å². The number of fused-ring (bicyclic) bond motifs is 1. The zero-order chi connectivity index (χ0) is 16.6. The molecule has 3 rings (SSSR count). The van der Waals surface area contributed by atoms with Crippen LogP contribution in [0.4, 0.5) is 5.69 Å². The van der Waals surface area contributed by atoms with Crippen LogP contribution in [0.2, 0.25) is 5.02 Å². The molecule has 0 radical (unpaired) electrons. The maximum absolute atomic E-state index is 12.7. The Bertz CT molecular complexity index is 771. The lowest BCUT2D eigenvalue weighted by molar-refractivity contribution is -0.120. The number of carbonyl (C=O) groups is 2. The molecule has 2 aromatic rings. The lowest BCUT2D eigenvalue weighted by atomic mass is 10.0. The number of rotatable bonds is 2. The number of benzene rings is 2. The smallest absolute Gasteiger partial charge is 0.254 e. The third kappa shape index (κ3) is 3.08. The van der Waals surface area contributed by atoms with Crippen molar-refractivity contribution >= 4 is 29.1 Å². The summed E-state index contributed by atoms with van der Waals surface area (Å²) in [7, 11) is 1.67. The maximum atomic E-state index is 12.7. The number of halogens is 1. The van der Waals surface area contributed by atoms with Crippen LogP contribution in [0.15, 0.2) is 42.5 Å². The van der Waals surface area contributed by atoms with E-state index in [4.69, 9.17) is 11.6 Å². The molecule has 1 aliphatic heterocycles. The molecular weight excluding hydrogens is 312 g/mol. The standard InChI is InChI=1S/C18H17ClN2O2/c1-11-3-5-12(6-4-11)9-15-18(23)21(2)16-10-13(19)7-8-14(16)17(22)20-15/h3-8,10,15H,9H2,1-2H3,(H,20,22)/t15-/m1/s1. The Kier molecular flexibility index (Phi) is 4.09. The lowest BCUT2D eigenvalue weighted by Gasteiger charge is -2.21. The molecule has 0 unspecified atom stereocenters. The van der Waals surface area contributed by atoms with Crippen molar-refractivity contribution in [2.24, 2.45) is 0 Å². The number of carbonyl (C=O) groups excluding carboxylic acids is 2. The molecule has 1 heterocycles. The fourth-order valence-electron chi connectivity index (χ4n) is 2.72. The molecule has 23 heavy (non-hydrogen) atoms. The van der Waals surface area contributed by atoms with Crippen molar-refractivity contribution in [3.63, 3.8) is 0 Å². The molecule has 4 nitrogen and oxygen atoms in total. The fraction of sp³-hybridized carbons (Fsp3) is 0.222. The summed E-state index contributed by atoms with van der Waals surface area (Å²) in [6.45, 7) is 2.01. The first kappa shape index (κ1) is 15.6. The third-order valence-electron chi connectivity index (χ3n) is 4.06. The highest BCUT2D eigenvalue weighted by Gasteiger charge is 2.31. The number of anilines is 1. The van der Waals surface area contributed by atoms with Crippen LogP contribution in [-0.4, -0.2) is 24.9 Å². The number of likely N-dealkylation sites (N-methyl/N-ethyl adjacent to an activating group) is 1. The minimum Gasteiger partial charge on any atom is -0.340 e. The Morgan fingerprint density at radius 3 is 2.52 bits per heavy atom. The Balaban J connectivity index is 1.92. The highest BCUT2D eigenvalue weighted by atomic mass is 35.5. The lowest BCUT2D eigenvalue weighted by Crippen LogP contribution is -2.45. The van der Waals surface area contributed by atoms with Gasteiger partial charge in [0.2, 0.25) is 5.91 Å². The van der Waals surface area contributed by atoms with Crippen molar-refractivity contribution in [2.75, 3.05) is 11.9 Å². The van der Waals surface area contributed by atoms with Gasteiger partial charge in [0.05, 0.1) is 11.3 Å². The SMILES string of the molecule is Cc1ccc(C[C@H]2NC(=O)c3ccc(Cl)cc3N(C)C2=O)cc1. The number of hydrogen-bond donors (Lipinski definition) is 1. The number of hydrogen-bond acceptors (Lipinski definition) is 2. The van der Waals surface area contributed by atoms with Gasteiger partial charge in [0.1, 0.15) is 6.04 Å². The van der Waals surface area contributed by atoms with Gasteiger partial charge in [-0.3, -0.25) is 9.59 Å². The highest BCUT2D eigenvalue weighted by molar-refractivity contribution is 6.31. The number of nitrogens with one attached hydrogen (secondary N) is 1. The van der Waals surface area contributed by atoms with Crippen molar-refractivity contribution in [2.45, 2.75) is 19.4 Å². The summed E-state index contributed by atoms with van der Waals surface area (Å²) in [5.74, 6) is -0.411. The molecule has 0 spiro atoms. The first-order valence-electron chi connectivity index (χ1n) is 7.39. The van der Waals surface area contributed by atoms with Crippen molar-refractivity contribution in [1.82, 2.24) is 5.32 Å². The molecule has 0 aromatic heterocycles. The summed E-state index contributed by atoms with van der Waals surface area (Å²) in [6, 6.07) is 12.3. The van der Waals surface area contributed by atoms with E-state index >= 15 is 0 Å². The molecule has 2 aromatic carbocycles. The molecule has 0 saturated carbocycles. The van der Waals surface area contributed by atoms with Crippen LogP contribution in [0.5, 0.6) is 0 Å². The van der Waals surface area contributed by atoms with Gasteiger partial charge in [-0.1, -0.05) is 41.4 Å². The summed E-state index contributed by atoms with van der Waals surface area (Å²) in [5, 5.41) is 3.32. The van der Waals surface area contributed by atoms with Gasteiger partial charge >= 0.3 is 0 Å². The summed E-state index contributed by atoms with van der Waals surface area (Å²) in [4.78, 5) is 26.6. The molecule has 0 fully saturated rings. The van der Waals surface area contributed by atoms with E-state index in [-0.39, 0.29) is 11.8 Å². The number of amides is 2. The van der Waals surface area contributed by atoms with E-state index in [0.717, 1.165) is 11.1 Å². The highest BCUT2D eigenvalue weighted by Crippen LogP contribution is 2.27. The number of nitrogens with zero attached hydrogens (tertiary/aromatic N) is 1. The van der Waals surface area contributed by atoms with Crippen LogP contribution >= 0.6 is 11.6 Å². The first-order valence-corrected chi connectivity index (χ1v) is 7.77. The molecule has 0 bridgehead atoms. The van der Waals surface area contributed by atoms with Gasteiger partial charge in [-0.2, -0.15) is 0 Å². The van der Waals surface area contributed by atoms with Gasteiger partial charge in [-0.05, 0) is 30.7 Å². The van der Waals surface area contributed by atoms with Gasteiger partial charge in [0, 0.05) is 18.5 Å². The predicted molar refractivity (Wildman–Crippen MR) is 91.0 cm³/mol. The van der Waals surface area contributed by atoms with Crippen LogP contribution in [0.1, 0.15) is 21.5 Å². The largest absolute Gasteiger partial charge is 0.340 e. The maximum Gasteiger partial charge on any atom is 0.254 e. The van der Waals surface area contributed by atoms with E-state index in [2.05, 4.69) is 5.32 Å². The summed E-state index contributed by atoms with van der Waals surface area (Å²) in [5.41, 5.74) is 3.15. The normalized spacial score (nSPS) is 17.5. The molecule has 118 valence electrons. The average molecular weight is 329 g/mol. The van der Waals surface area contributed by atoms with Gasteiger partial charge in [0.25, 0.3) is 5.91 Å². The predicted octanol–water partition coefficient (Wildman–Crippen LogP) is 2.97. The summed E-state index contributed by atoms with van der Waals surface area (Å²) >= 11 is 6.00. The van der Waals surface area contributed by atoms with Gasteiger partial charge < -0.3 is 10.2 Å². The third-order valence-corrected chi connectivity index (χ3v) is 4.30. The monoisotopic (exact) mass is 328 g/mol. The van der Waals surface area contributed by atoms with Gasteiger partial charge in [-0.15, -0.1) is 0 Å². The van der Waals surface area contributed by atoms with E-state index in [9.17, 15) is 9.59 Å². The average Bonchev–Trinajstić information content (AvgIpc) is 2.61. The minimum atomic E-state index is -0.596. The molecule has 1 atom stereocenters. The van der Waals surface area contributed by atoms with Crippen molar-refractivity contribution < 1.29 is 9.59 Å². The van der Waals surface area contributed by atoms with E-state index in [0.29, 0.717) is 22.7 Å². The zero-order valence-corrected chi connectivity index (χ0v) is 13.7. The second kappa shape index (κ2) is 6.05. The molecule has 0 saturated heterocycles. The Morgan fingerprint density at radius 2 is 1.83 bits per heavy atom. The van der Waals surface area contributed by atoms with Crippen LogP contribution in [-0.2, 0) is 11.2 Å². The quantitative estimate of drug-likeness (QED) is 0.921. The Labute approximate surface area is 140 Å².